The van der Waals surface area contributed by atoms with E-state index in [9.17, 15) is 35.2 Å². The van der Waals surface area contributed by atoms with Crippen molar-refractivity contribution in [1.82, 2.24) is 9.80 Å². The van der Waals surface area contributed by atoms with Gasteiger partial charge in [-0.1, -0.05) is 24.3 Å². The number of nitro groups is 2. The predicted molar refractivity (Wildman–Crippen MR) is 106 cm³/mol. The second-order valence-electron chi connectivity index (χ2n) is 7.08. The molecule has 2 amide bonds. The van der Waals surface area contributed by atoms with Gasteiger partial charge in [0.05, 0.1) is 15.9 Å². The standard InChI is InChI=1S/C18H16N6O7/c1-21-16(25)22(2)18(27)15(11-5-3-4-6-12(11)17(18,21)26)20-19-13-8-7-10(23(28)29)9-14(13)24(30)31/h3-9,19,26-27H,1-2H3/b20-15-/t17-,18-/m1/s1. The van der Waals surface area contributed by atoms with Gasteiger partial charge in [0, 0.05) is 31.3 Å². The van der Waals surface area contributed by atoms with Gasteiger partial charge < -0.3 is 10.2 Å². The van der Waals surface area contributed by atoms with Gasteiger partial charge in [0.25, 0.3) is 5.69 Å². The normalized spacial score (nSPS) is 25.5. The lowest BCUT2D eigenvalue weighted by Gasteiger charge is -2.35. The molecule has 4 rings (SSSR count). The maximum absolute atomic E-state index is 12.5. The molecule has 0 aromatic heterocycles. The van der Waals surface area contributed by atoms with Gasteiger partial charge in [-0.05, 0) is 6.07 Å². The van der Waals surface area contributed by atoms with Gasteiger partial charge in [0.1, 0.15) is 11.4 Å². The Morgan fingerprint density at radius 2 is 1.65 bits per heavy atom. The van der Waals surface area contributed by atoms with Crippen LogP contribution in [0.15, 0.2) is 47.6 Å². The van der Waals surface area contributed by atoms with E-state index in [4.69, 9.17) is 0 Å². The number of amides is 2. The number of likely N-dealkylation sites (N-methyl/N-ethyl adjacent to an activating group) is 2. The molecule has 1 heterocycles. The summed E-state index contributed by atoms with van der Waals surface area (Å²) in [4.78, 5) is 35.1. The zero-order chi connectivity index (χ0) is 22.7. The molecular formula is C18H16N6O7. The van der Waals surface area contributed by atoms with Crippen LogP contribution in [0.2, 0.25) is 0 Å². The Hall–Kier alpha value is -4.10. The molecule has 0 saturated carbocycles. The Labute approximate surface area is 174 Å². The summed E-state index contributed by atoms with van der Waals surface area (Å²) in [5.74, 6) is 0. The molecule has 160 valence electrons. The highest BCUT2D eigenvalue weighted by Gasteiger charge is 2.72. The predicted octanol–water partition coefficient (Wildman–Crippen LogP) is 1.16. The summed E-state index contributed by atoms with van der Waals surface area (Å²) in [7, 11) is 2.61. The lowest BCUT2D eigenvalue weighted by atomic mass is 9.99. The number of nitrogens with one attached hydrogen (secondary N) is 1. The summed E-state index contributed by atoms with van der Waals surface area (Å²) in [6, 6.07) is 8.61. The molecule has 0 radical (unpaired) electrons. The van der Waals surface area contributed by atoms with E-state index in [1.54, 1.807) is 18.2 Å². The van der Waals surface area contributed by atoms with Crippen LogP contribution in [0.1, 0.15) is 11.1 Å². The first-order valence-electron chi connectivity index (χ1n) is 8.88. The number of carbonyl (C=O) groups excluding carboxylic acids is 1. The molecule has 0 unspecified atom stereocenters. The Kier molecular flexibility index (Phi) is 4.20. The van der Waals surface area contributed by atoms with Gasteiger partial charge in [-0.15, -0.1) is 0 Å². The fourth-order valence-electron chi connectivity index (χ4n) is 3.98. The third kappa shape index (κ3) is 2.44. The van der Waals surface area contributed by atoms with Crippen LogP contribution in [-0.4, -0.2) is 61.4 Å². The molecule has 31 heavy (non-hydrogen) atoms. The topological polar surface area (TPSA) is 175 Å². The first-order valence-corrected chi connectivity index (χ1v) is 8.88. The van der Waals surface area contributed by atoms with E-state index in [2.05, 4.69) is 10.5 Å². The van der Waals surface area contributed by atoms with Crippen LogP contribution in [-0.2, 0) is 5.72 Å². The number of nitrogens with zero attached hydrogens (tertiary/aromatic N) is 5. The van der Waals surface area contributed by atoms with E-state index in [0.29, 0.717) is 5.56 Å². The summed E-state index contributed by atoms with van der Waals surface area (Å²) >= 11 is 0. The van der Waals surface area contributed by atoms with Gasteiger partial charge in [-0.3, -0.25) is 35.5 Å². The molecule has 2 aromatic carbocycles. The number of aliphatic hydroxyl groups is 2. The van der Waals surface area contributed by atoms with Crippen LogP contribution in [0.5, 0.6) is 0 Å². The minimum atomic E-state index is -2.30. The minimum Gasteiger partial charge on any atom is -0.363 e. The summed E-state index contributed by atoms with van der Waals surface area (Å²) < 4.78 is 0. The van der Waals surface area contributed by atoms with Crippen molar-refractivity contribution < 1.29 is 24.9 Å². The number of urea groups is 1. The highest BCUT2D eigenvalue weighted by Crippen LogP contribution is 2.52. The number of hydrogen-bond acceptors (Lipinski definition) is 9. The lowest BCUT2D eigenvalue weighted by Crippen LogP contribution is -2.59. The summed E-state index contributed by atoms with van der Waals surface area (Å²) in [6.07, 6.45) is 0. The average molecular weight is 428 g/mol. The monoisotopic (exact) mass is 428 g/mol. The number of hydrazone groups is 1. The fourth-order valence-corrected chi connectivity index (χ4v) is 3.98. The van der Waals surface area contributed by atoms with E-state index in [0.717, 1.165) is 28.0 Å². The Bertz CT molecular complexity index is 1180. The van der Waals surface area contributed by atoms with Crippen LogP contribution in [0, 0.1) is 20.2 Å². The van der Waals surface area contributed by atoms with Crippen molar-refractivity contribution in [3.05, 3.63) is 73.8 Å². The van der Waals surface area contributed by atoms with Crippen LogP contribution < -0.4 is 5.43 Å². The molecule has 1 saturated heterocycles. The smallest absolute Gasteiger partial charge is 0.324 e. The Morgan fingerprint density at radius 3 is 2.29 bits per heavy atom. The molecule has 13 heteroatoms. The zero-order valence-electron chi connectivity index (χ0n) is 16.2. The van der Waals surface area contributed by atoms with Crippen LogP contribution in [0.3, 0.4) is 0 Å². The molecule has 1 aliphatic heterocycles. The molecule has 0 bridgehead atoms. The summed E-state index contributed by atoms with van der Waals surface area (Å²) in [5.41, 5.74) is -2.90. The van der Waals surface area contributed by atoms with Gasteiger partial charge >= 0.3 is 11.7 Å². The van der Waals surface area contributed by atoms with Gasteiger partial charge in [0.2, 0.25) is 11.4 Å². The largest absolute Gasteiger partial charge is 0.363 e. The highest BCUT2D eigenvalue weighted by atomic mass is 16.6. The SMILES string of the molecule is CN1C(=O)N(C)[C@@]2(O)c3ccccc3/C(=N/Nc3ccc([N+](=O)[O-])cc3[N+](=O)[O-])[C@]12O. The second-order valence-corrected chi connectivity index (χ2v) is 7.08. The van der Waals surface area contributed by atoms with Crippen molar-refractivity contribution in [2.45, 2.75) is 11.4 Å². The number of fused-ring (bicyclic) bond motifs is 3. The quantitative estimate of drug-likeness (QED) is 0.480. The Morgan fingerprint density at radius 1 is 1.00 bits per heavy atom. The third-order valence-electron chi connectivity index (χ3n) is 5.60. The van der Waals surface area contributed by atoms with E-state index >= 15 is 0 Å². The van der Waals surface area contributed by atoms with Crippen molar-refractivity contribution >= 4 is 28.8 Å². The van der Waals surface area contributed by atoms with E-state index in [-0.39, 0.29) is 17.0 Å². The van der Waals surface area contributed by atoms with E-state index in [1.807, 2.05) is 0 Å². The van der Waals surface area contributed by atoms with Crippen molar-refractivity contribution in [3.8, 4) is 0 Å². The number of non-ortho nitro benzene ring substituents is 1. The van der Waals surface area contributed by atoms with Crippen molar-refractivity contribution in [2.24, 2.45) is 5.10 Å². The molecule has 2 aromatic rings. The van der Waals surface area contributed by atoms with E-state index < -0.39 is 38.7 Å². The average Bonchev–Trinajstić information content (AvgIpc) is 3.02. The highest BCUT2D eigenvalue weighted by molar-refractivity contribution is 6.15. The maximum atomic E-state index is 12.5. The number of rotatable bonds is 4. The molecule has 0 spiro atoms. The molecule has 2 aliphatic rings. The number of nitro benzene ring substituents is 2. The van der Waals surface area contributed by atoms with Crippen molar-refractivity contribution in [3.63, 3.8) is 0 Å². The van der Waals surface area contributed by atoms with Crippen LogP contribution in [0.4, 0.5) is 21.9 Å². The van der Waals surface area contributed by atoms with Crippen molar-refractivity contribution in [1.29, 1.82) is 0 Å². The van der Waals surface area contributed by atoms with E-state index in [1.165, 1.54) is 20.2 Å². The summed E-state index contributed by atoms with van der Waals surface area (Å²) in [5, 5.41) is 49.2. The molecule has 1 aliphatic carbocycles. The number of anilines is 1. The van der Waals surface area contributed by atoms with Crippen LogP contribution >= 0.6 is 0 Å². The summed E-state index contributed by atoms with van der Waals surface area (Å²) in [6.45, 7) is 0. The van der Waals surface area contributed by atoms with Crippen molar-refractivity contribution in [2.75, 3.05) is 19.5 Å². The fraction of sp³-hybridized carbons (Fsp3) is 0.222. The number of benzene rings is 2. The van der Waals surface area contributed by atoms with Gasteiger partial charge in [0.15, 0.2) is 0 Å². The second kappa shape index (κ2) is 6.45. The molecule has 1 fully saturated rings. The molecule has 13 nitrogen and oxygen atoms in total. The number of carbonyl (C=O) groups is 1. The molecule has 3 N–H and O–H groups in total. The Balaban J connectivity index is 1.86. The lowest BCUT2D eigenvalue weighted by molar-refractivity contribution is -0.393. The molecule has 2 atom stereocenters. The maximum Gasteiger partial charge on any atom is 0.324 e. The first kappa shape index (κ1) is 20.2. The van der Waals surface area contributed by atoms with Gasteiger partial charge in [-0.25, -0.2) is 4.79 Å². The van der Waals surface area contributed by atoms with Crippen LogP contribution in [0.25, 0.3) is 0 Å². The zero-order valence-corrected chi connectivity index (χ0v) is 16.2. The molecular weight excluding hydrogens is 412 g/mol. The third-order valence-corrected chi connectivity index (χ3v) is 5.60. The first-order chi connectivity index (χ1) is 14.5. The minimum absolute atomic E-state index is 0.154. The van der Waals surface area contributed by atoms with Gasteiger partial charge in [-0.2, -0.15) is 5.10 Å². The number of hydrogen-bond donors (Lipinski definition) is 3.